The van der Waals surface area contributed by atoms with Gasteiger partial charge in [0.15, 0.2) is 0 Å². The maximum atomic E-state index is 13.1. The number of carboxylic acids is 1. The summed E-state index contributed by atoms with van der Waals surface area (Å²) in [5.41, 5.74) is 13.5. The molecule has 2 amide bonds. The molecule has 0 aliphatic heterocycles. The summed E-state index contributed by atoms with van der Waals surface area (Å²) in [6.45, 7) is 0.474. The number of carbonyl (C=O) groups excluding carboxylic acids is 2. The summed E-state index contributed by atoms with van der Waals surface area (Å²) in [5, 5.41) is 16.1. The van der Waals surface area contributed by atoms with Gasteiger partial charge in [-0.25, -0.2) is 4.79 Å². The van der Waals surface area contributed by atoms with Crippen molar-refractivity contribution in [1.82, 2.24) is 15.6 Å². The number of nitrogens with one attached hydrogen (secondary N) is 3. The van der Waals surface area contributed by atoms with Crippen LogP contribution in [0.4, 0.5) is 0 Å². The minimum atomic E-state index is -1.13. The lowest BCUT2D eigenvalue weighted by atomic mass is 9.85. The molecule has 8 N–H and O–H groups in total. The van der Waals surface area contributed by atoms with Gasteiger partial charge in [0, 0.05) is 23.5 Å². The highest BCUT2D eigenvalue weighted by atomic mass is 16.4. The molecule has 192 valence electrons. The van der Waals surface area contributed by atoms with Crippen LogP contribution in [0, 0.1) is 5.92 Å². The Labute approximate surface area is 206 Å². The molecule has 1 aliphatic carbocycles. The third-order valence-electron chi connectivity index (χ3n) is 6.94. The van der Waals surface area contributed by atoms with Gasteiger partial charge >= 0.3 is 5.97 Å². The molecule has 0 saturated heterocycles. The summed E-state index contributed by atoms with van der Waals surface area (Å²) in [4.78, 5) is 41.1. The molecule has 0 unspecified atom stereocenters. The lowest BCUT2D eigenvalue weighted by Gasteiger charge is -2.26. The molecule has 0 radical (unpaired) electrons. The zero-order chi connectivity index (χ0) is 25.2. The van der Waals surface area contributed by atoms with Gasteiger partial charge in [0.25, 0.3) is 0 Å². The number of unbranched alkanes of at least 4 members (excludes halogenated alkanes) is 1. The number of hydrogen-bond donors (Lipinski definition) is 6. The van der Waals surface area contributed by atoms with E-state index in [0.717, 1.165) is 42.1 Å². The second kappa shape index (κ2) is 13.3. The quantitative estimate of drug-likeness (QED) is 0.238. The molecule has 1 heterocycles. The fourth-order valence-electron chi connectivity index (χ4n) is 4.92. The van der Waals surface area contributed by atoms with Crippen LogP contribution in [0.1, 0.15) is 63.4 Å². The van der Waals surface area contributed by atoms with Gasteiger partial charge < -0.3 is 32.2 Å². The molecule has 1 aromatic carbocycles. The predicted octanol–water partition coefficient (Wildman–Crippen LogP) is 2.19. The molecule has 2 aromatic rings. The minimum absolute atomic E-state index is 0.121. The molecule has 1 saturated carbocycles. The Balaban J connectivity index is 1.64. The van der Waals surface area contributed by atoms with E-state index in [1.165, 1.54) is 6.42 Å². The molecule has 3 atom stereocenters. The highest BCUT2D eigenvalue weighted by Crippen LogP contribution is 2.27. The summed E-state index contributed by atoms with van der Waals surface area (Å²) in [7, 11) is 0. The number of fused-ring (bicyclic) bond motifs is 1. The third-order valence-corrected chi connectivity index (χ3v) is 6.94. The van der Waals surface area contributed by atoms with Crippen LogP contribution >= 0.6 is 0 Å². The van der Waals surface area contributed by atoms with Crippen molar-refractivity contribution < 1.29 is 19.5 Å². The van der Waals surface area contributed by atoms with Crippen molar-refractivity contribution in [2.45, 2.75) is 82.3 Å². The van der Waals surface area contributed by atoms with Crippen molar-refractivity contribution in [2.24, 2.45) is 17.4 Å². The van der Waals surface area contributed by atoms with Crippen LogP contribution in [0.2, 0.25) is 0 Å². The van der Waals surface area contributed by atoms with E-state index in [-0.39, 0.29) is 12.3 Å². The maximum absolute atomic E-state index is 13.1. The molecular weight excluding hydrogens is 446 g/mol. The summed E-state index contributed by atoms with van der Waals surface area (Å²) >= 11 is 0. The van der Waals surface area contributed by atoms with Gasteiger partial charge in [-0.1, -0.05) is 50.3 Å². The standard InChI is InChI=1S/C26H39N5O4/c27-13-7-6-12-22(30-24(32)20(28)14-17-8-2-1-3-9-17)25(33)31-23(26(34)35)15-18-16-29-21-11-5-4-10-19(18)21/h4-5,10-11,16-17,20,22-23,29H,1-3,6-9,12-15,27-28H2,(H,30,32)(H,31,33)(H,34,35)/t20-,22-,23-/m0/s1. The van der Waals surface area contributed by atoms with Crippen LogP contribution < -0.4 is 22.1 Å². The van der Waals surface area contributed by atoms with Crippen LogP contribution in [0.3, 0.4) is 0 Å². The van der Waals surface area contributed by atoms with E-state index in [1.54, 1.807) is 6.20 Å². The number of aromatic nitrogens is 1. The normalized spacial score (nSPS) is 17.0. The molecule has 1 aliphatic rings. The van der Waals surface area contributed by atoms with Gasteiger partial charge in [-0.15, -0.1) is 0 Å². The molecule has 1 aromatic heterocycles. The molecular formula is C26H39N5O4. The maximum Gasteiger partial charge on any atom is 0.326 e. The Hall–Kier alpha value is -2.91. The van der Waals surface area contributed by atoms with Crippen LogP contribution in [0.25, 0.3) is 10.9 Å². The van der Waals surface area contributed by atoms with Crippen molar-refractivity contribution in [2.75, 3.05) is 6.54 Å². The summed E-state index contributed by atoms with van der Waals surface area (Å²) < 4.78 is 0. The van der Waals surface area contributed by atoms with Gasteiger partial charge in [0.1, 0.15) is 12.1 Å². The Morgan fingerprint density at radius 1 is 1.03 bits per heavy atom. The lowest BCUT2D eigenvalue weighted by Crippen LogP contribution is -2.55. The van der Waals surface area contributed by atoms with Gasteiger partial charge in [0.05, 0.1) is 6.04 Å². The van der Waals surface area contributed by atoms with Gasteiger partial charge in [-0.05, 0) is 49.8 Å². The Morgan fingerprint density at radius 2 is 1.74 bits per heavy atom. The number of carboxylic acid groups (broad SMARTS) is 1. The first-order valence-corrected chi connectivity index (χ1v) is 12.7. The SMILES string of the molecule is NCCCC[C@H](NC(=O)[C@@H](N)CC1CCCCC1)C(=O)N[C@@H](Cc1c[nH]c2ccccc12)C(=O)O. The Bertz CT molecular complexity index is 985. The number of H-pyrrole nitrogens is 1. The van der Waals surface area contributed by atoms with E-state index < -0.39 is 30.0 Å². The van der Waals surface area contributed by atoms with Crippen LogP contribution in [0.5, 0.6) is 0 Å². The topological polar surface area (TPSA) is 163 Å². The molecule has 1 fully saturated rings. The molecule has 0 bridgehead atoms. The van der Waals surface area contributed by atoms with E-state index in [1.807, 2.05) is 24.3 Å². The first-order valence-electron chi connectivity index (χ1n) is 12.7. The molecule has 35 heavy (non-hydrogen) atoms. The monoisotopic (exact) mass is 485 g/mol. The van der Waals surface area contributed by atoms with E-state index in [0.29, 0.717) is 38.1 Å². The largest absolute Gasteiger partial charge is 0.480 e. The number of carbonyl (C=O) groups is 3. The van der Waals surface area contributed by atoms with Crippen LogP contribution in [-0.4, -0.2) is 52.5 Å². The second-order valence-corrected chi connectivity index (χ2v) is 9.65. The number of hydrogen-bond acceptors (Lipinski definition) is 5. The first-order chi connectivity index (χ1) is 16.9. The van der Waals surface area contributed by atoms with E-state index >= 15 is 0 Å². The molecule has 9 heteroatoms. The molecule has 0 spiro atoms. The molecule has 3 rings (SSSR count). The van der Waals surface area contributed by atoms with Gasteiger partial charge in [-0.2, -0.15) is 0 Å². The smallest absolute Gasteiger partial charge is 0.326 e. The van der Waals surface area contributed by atoms with E-state index in [4.69, 9.17) is 11.5 Å². The van der Waals surface area contributed by atoms with Crippen LogP contribution in [0.15, 0.2) is 30.5 Å². The van der Waals surface area contributed by atoms with Crippen molar-refractivity contribution in [1.29, 1.82) is 0 Å². The Kier molecular flexibility index (Phi) is 10.1. The Morgan fingerprint density at radius 3 is 2.46 bits per heavy atom. The second-order valence-electron chi connectivity index (χ2n) is 9.65. The van der Waals surface area contributed by atoms with Crippen molar-refractivity contribution in [3.63, 3.8) is 0 Å². The number of nitrogens with two attached hydrogens (primary N) is 2. The van der Waals surface area contributed by atoms with E-state index in [9.17, 15) is 19.5 Å². The average Bonchev–Trinajstić information content (AvgIpc) is 3.26. The van der Waals surface area contributed by atoms with Gasteiger partial charge in [-0.3, -0.25) is 9.59 Å². The van der Waals surface area contributed by atoms with Gasteiger partial charge in [0.2, 0.25) is 11.8 Å². The number of para-hydroxylation sites is 1. The van der Waals surface area contributed by atoms with Crippen molar-refractivity contribution in [3.8, 4) is 0 Å². The van der Waals surface area contributed by atoms with Crippen molar-refractivity contribution >= 4 is 28.7 Å². The lowest BCUT2D eigenvalue weighted by molar-refractivity contribution is -0.142. The fraction of sp³-hybridized carbons (Fsp3) is 0.577. The number of rotatable bonds is 13. The van der Waals surface area contributed by atoms with Crippen molar-refractivity contribution in [3.05, 3.63) is 36.0 Å². The first kappa shape index (κ1) is 26.7. The average molecular weight is 486 g/mol. The van der Waals surface area contributed by atoms with Crippen LogP contribution in [-0.2, 0) is 20.8 Å². The number of amides is 2. The summed E-state index contributed by atoms with van der Waals surface area (Å²) in [6, 6.07) is 4.91. The zero-order valence-corrected chi connectivity index (χ0v) is 20.3. The number of aromatic amines is 1. The third kappa shape index (κ3) is 7.80. The zero-order valence-electron chi connectivity index (χ0n) is 20.3. The number of benzene rings is 1. The highest BCUT2D eigenvalue weighted by molar-refractivity contribution is 5.92. The highest BCUT2D eigenvalue weighted by Gasteiger charge is 2.29. The minimum Gasteiger partial charge on any atom is -0.480 e. The predicted molar refractivity (Wildman–Crippen MR) is 136 cm³/mol. The summed E-state index contributed by atoms with van der Waals surface area (Å²) in [6.07, 6.45) is 9.89. The summed E-state index contributed by atoms with van der Waals surface area (Å²) in [5.74, 6) is -1.59. The molecule has 9 nitrogen and oxygen atoms in total. The fourth-order valence-corrected chi connectivity index (χ4v) is 4.92. The van der Waals surface area contributed by atoms with E-state index in [2.05, 4.69) is 15.6 Å². The number of aliphatic carboxylic acids is 1.